The van der Waals surface area contributed by atoms with Crippen molar-refractivity contribution in [2.24, 2.45) is 5.41 Å². The van der Waals surface area contributed by atoms with Crippen molar-refractivity contribution in [1.29, 1.82) is 0 Å². The highest BCUT2D eigenvalue weighted by atomic mass is 35.5. The Bertz CT molecular complexity index is 598. The lowest BCUT2D eigenvalue weighted by Gasteiger charge is -2.13. The fraction of sp³-hybridized carbons (Fsp3) is 0.429. The largest absolute Gasteiger partial charge is 0.396 e. The number of anilines is 1. The maximum atomic E-state index is 9.29. The van der Waals surface area contributed by atoms with Crippen molar-refractivity contribution < 1.29 is 5.11 Å². The molecule has 4 nitrogen and oxygen atoms in total. The van der Waals surface area contributed by atoms with Crippen LogP contribution in [0.4, 0.5) is 5.82 Å². The molecule has 0 amide bonds. The zero-order chi connectivity index (χ0) is 13.3. The highest BCUT2D eigenvalue weighted by Gasteiger charge is 2.41. The Labute approximate surface area is 116 Å². The summed E-state index contributed by atoms with van der Waals surface area (Å²) in [5.41, 5.74) is 1.01. The van der Waals surface area contributed by atoms with Crippen LogP contribution < -0.4 is 5.32 Å². The molecule has 0 radical (unpaired) electrons. The first-order chi connectivity index (χ1) is 9.22. The molecule has 0 unspecified atom stereocenters. The molecule has 2 N–H and O–H groups in total. The highest BCUT2D eigenvalue weighted by molar-refractivity contribution is 6.31. The molecule has 19 heavy (non-hydrogen) atoms. The van der Waals surface area contributed by atoms with Crippen LogP contribution in [0.3, 0.4) is 0 Å². The Morgan fingerprint density at radius 3 is 2.89 bits per heavy atom. The molecule has 3 rings (SSSR count). The minimum absolute atomic E-state index is 0.166. The third-order valence-electron chi connectivity index (χ3n) is 3.84. The van der Waals surface area contributed by atoms with E-state index in [0.717, 1.165) is 42.5 Å². The normalized spacial score (nSPS) is 16.5. The van der Waals surface area contributed by atoms with Crippen molar-refractivity contribution in [1.82, 2.24) is 9.97 Å². The van der Waals surface area contributed by atoms with Crippen molar-refractivity contribution in [3.63, 3.8) is 0 Å². The van der Waals surface area contributed by atoms with E-state index in [0.29, 0.717) is 5.02 Å². The molecule has 0 saturated heterocycles. The lowest BCUT2D eigenvalue weighted by molar-refractivity contribution is 0.206. The van der Waals surface area contributed by atoms with E-state index in [-0.39, 0.29) is 12.0 Å². The average molecular weight is 278 g/mol. The molecular formula is C14H16ClN3O. The van der Waals surface area contributed by atoms with Gasteiger partial charge in [-0.1, -0.05) is 11.6 Å². The van der Waals surface area contributed by atoms with Gasteiger partial charge in [-0.15, -0.1) is 0 Å². The first kappa shape index (κ1) is 12.6. The van der Waals surface area contributed by atoms with Crippen LogP contribution in [-0.4, -0.2) is 28.2 Å². The van der Waals surface area contributed by atoms with Gasteiger partial charge in [0.15, 0.2) is 0 Å². The van der Waals surface area contributed by atoms with Crippen molar-refractivity contribution in [2.45, 2.75) is 19.3 Å². The number of hydrogen-bond acceptors (Lipinski definition) is 4. The van der Waals surface area contributed by atoms with Crippen LogP contribution in [0.5, 0.6) is 0 Å². The molecule has 1 saturated carbocycles. The third-order valence-corrected chi connectivity index (χ3v) is 4.07. The van der Waals surface area contributed by atoms with E-state index < -0.39 is 0 Å². The van der Waals surface area contributed by atoms with Gasteiger partial charge in [0, 0.05) is 23.6 Å². The molecule has 1 aromatic heterocycles. The van der Waals surface area contributed by atoms with E-state index in [1.54, 1.807) is 6.33 Å². The number of aromatic nitrogens is 2. The summed E-state index contributed by atoms with van der Waals surface area (Å²) in [6, 6.07) is 5.60. The Hall–Kier alpha value is -1.39. The van der Waals surface area contributed by atoms with Crippen LogP contribution in [-0.2, 0) is 0 Å². The zero-order valence-electron chi connectivity index (χ0n) is 10.6. The predicted octanol–water partition coefficient (Wildman–Crippen LogP) is 2.86. The number of rotatable bonds is 5. The minimum Gasteiger partial charge on any atom is -0.396 e. The number of fused-ring (bicyclic) bond motifs is 1. The second kappa shape index (κ2) is 4.94. The van der Waals surface area contributed by atoms with Gasteiger partial charge in [-0.25, -0.2) is 9.97 Å². The maximum absolute atomic E-state index is 9.29. The van der Waals surface area contributed by atoms with Gasteiger partial charge in [-0.05, 0) is 42.9 Å². The highest BCUT2D eigenvalue weighted by Crippen LogP contribution is 2.48. The lowest BCUT2D eigenvalue weighted by atomic mass is 10.0. The van der Waals surface area contributed by atoms with Crippen LogP contribution >= 0.6 is 11.6 Å². The average Bonchev–Trinajstić information content (AvgIpc) is 3.19. The Kier molecular flexibility index (Phi) is 3.29. The second-order valence-electron chi connectivity index (χ2n) is 5.22. The molecule has 0 atom stereocenters. The number of nitrogens with one attached hydrogen (secondary N) is 1. The van der Waals surface area contributed by atoms with E-state index in [9.17, 15) is 5.11 Å². The molecule has 1 heterocycles. The summed E-state index contributed by atoms with van der Waals surface area (Å²) in [5.74, 6) is 0.829. The summed E-state index contributed by atoms with van der Waals surface area (Å²) in [4.78, 5) is 8.49. The second-order valence-corrected chi connectivity index (χ2v) is 5.66. The quantitative estimate of drug-likeness (QED) is 0.882. The number of halogens is 1. The number of aliphatic hydroxyl groups is 1. The van der Waals surface area contributed by atoms with E-state index in [4.69, 9.17) is 11.6 Å². The molecular weight excluding hydrogens is 262 g/mol. The molecule has 5 heteroatoms. The number of benzene rings is 1. The van der Waals surface area contributed by atoms with Crippen LogP contribution in [0, 0.1) is 5.41 Å². The van der Waals surface area contributed by atoms with E-state index >= 15 is 0 Å². The topological polar surface area (TPSA) is 58.0 Å². The first-order valence-corrected chi connectivity index (χ1v) is 6.85. The van der Waals surface area contributed by atoms with Gasteiger partial charge in [0.05, 0.1) is 5.52 Å². The summed E-state index contributed by atoms with van der Waals surface area (Å²) in [7, 11) is 0. The Balaban J connectivity index is 1.74. The fourth-order valence-electron chi connectivity index (χ4n) is 2.28. The predicted molar refractivity (Wildman–Crippen MR) is 76.4 cm³/mol. The van der Waals surface area contributed by atoms with Crippen molar-refractivity contribution >= 4 is 28.3 Å². The smallest absolute Gasteiger partial charge is 0.137 e. The molecule has 1 aliphatic carbocycles. The molecule has 1 aliphatic rings. The summed E-state index contributed by atoms with van der Waals surface area (Å²) < 4.78 is 0. The van der Waals surface area contributed by atoms with Crippen molar-refractivity contribution in [3.8, 4) is 0 Å². The monoisotopic (exact) mass is 277 g/mol. The number of hydrogen-bond donors (Lipinski definition) is 2. The lowest BCUT2D eigenvalue weighted by Crippen LogP contribution is -2.14. The Morgan fingerprint density at radius 2 is 2.16 bits per heavy atom. The summed E-state index contributed by atoms with van der Waals surface area (Å²) in [6.07, 6.45) is 4.78. The Morgan fingerprint density at radius 1 is 1.32 bits per heavy atom. The van der Waals surface area contributed by atoms with Crippen LogP contribution in [0.1, 0.15) is 19.3 Å². The van der Waals surface area contributed by atoms with Gasteiger partial charge in [0.1, 0.15) is 12.1 Å². The third kappa shape index (κ3) is 2.65. The van der Waals surface area contributed by atoms with Gasteiger partial charge >= 0.3 is 0 Å². The maximum Gasteiger partial charge on any atom is 0.137 e. The summed E-state index contributed by atoms with van der Waals surface area (Å²) in [6.45, 7) is 1.10. The van der Waals surface area contributed by atoms with Gasteiger partial charge in [0.25, 0.3) is 0 Å². The SMILES string of the molecule is OCC1(CCNc2ncnc3cc(Cl)ccc23)CC1. The van der Waals surface area contributed by atoms with Gasteiger partial charge in [-0.2, -0.15) is 0 Å². The number of aliphatic hydroxyl groups excluding tert-OH is 1. The minimum atomic E-state index is 0.166. The zero-order valence-corrected chi connectivity index (χ0v) is 11.3. The molecule has 1 fully saturated rings. The first-order valence-electron chi connectivity index (χ1n) is 6.47. The molecule has 0 bridgehead atoms. The molecule has 100 valence electrons. The van der Waals surface area contributed by atoms with Crippen molar-refractivity contribution in [2.75, 3.05) is 18.5 Å². The van der Waals surface area contributed by atoms with Gasteiger partial charge in [-0.3, -0.25) is 0 Å². The molecule has 1 aromatic carbocycles. The summed E-state index contributed by atoms with van der Waals surface area (Å²) in [5, 5.41) is 14.3. The number of nitrogens with zero attached hydrogens (tertiary/aromatic N) is 2. The van der Waals surface area contributed by atoms with Gasteiger partial charge < -0.3 is 10.4 Å². The fourth-order valence-corrected chi connectivity index (χ4v) is 2.45. The van der Waals surface area contributed by atoms with E-state index in [2.05, 4.69) is 15.3 Å². The molecule has 0 spiro atoms. The van der Waals surface area contributed by atoms with E-state index in [1.165, 1.54) is 0 Å². The van der Waals surface area contributed by atoms with Gasteiger partial charge in [0.2, 0.25) is 0 Å². The summed E-state index contributed by atoms with van der Waals surface area (Å²) >= 11 is 5.95. The van der Waals surface area contributed by atoms with Crippen LogP contribution in [0.2, 0.25) is 5.02 Å². The van der Waals surface area contributed by atoms with E-state index in [1.807, 2.05) is 18.2 Å². The van der Waals surface area contributed by atoms with Crippen molar-refractivity contribution in [3.05, 3.63) is 29.5 Å². The standard InChI is InChI=1S/C14H16ClN3O/c15-10-1-2-11-12(7-10)17-9-18-13(11)16-6-5-14(8-19)3-4-14/h1-2,7,9,19H,3-6,8H2,(H,16,17,18). The molecule has 2 aromatic rings. The van der Waals surface area contributed by atoms with Crippen LogP contribution in [0.15, 0.2) is 24.5 Å². The van der Waals surface area contributed by atoms with Crippen LogP contribution in [0.25, 0.3) is 10.9 Å². The molecule has 0 aliphatic heterocycles.